The molecule has 3 rings (SSSR count). The summed E-state index contributed by atoms with van der Waals surface area (Å²) in [5, 5.41) is 8.20. The number of rotatable bonds is 5. The summed E-state index contributed by atoms with van der Waals surface area (Å²) in [5.74, 6) is -0.0380. The first-order valence-electron chi connectivity index (χ1n) is 9.97. The quantitative estimate of drug-likeness (QED) is 0.810. The molecule has 1 aromatic rings. The van der Waals surface area contributed by atoms with Crippen LogP contribution in [0.15, 0.2) is 17.5 Å². The molecule has 150 valence electrons. The molecule has 1 saturated carbocycles. The number of amides is 2. The molecule has 5 nitrogen and oxygen atoms in total. The van der Waals surface area contributed by atoms with E-state index in [9.17, 15) is 9.59 Å². The maximum absolute atomic E-state index is 12.8. The van der Waals surface area contributed by atoms with Crippen LogP contribution in [0.3, 0.4) is 0 Å². The molecule has 1 aromatic heterocycles. The van der Waals surface area contributed by atoms with Crippen LogP contribution < -0.4 is 10.6 Å². The zero-order chi connectivity index (χ0) is 19.7. The van der Waals surface area contributed by atoms with Gasteiger partial charge in [-0.05, 0) is 41.5 Å². The maximum Gasteiger partial charge on any atom is 0.237 e. The van der Waals surface area contributed by atoms with Crippen molar-refractivity contribution in [3.05, 3.63) is 22.4 Å². The Labute approximate surface area is 166 Å². The number of nitrogens with one attached hydrogen (secondary N) is 2. The van der Waals surface area contributed by atoms with Crippen LogP contribution in [0.5, 0.6) is 0 Å². The van der Waals surface area contributed by atoms with E-state index in [0.717, 1.165) is 25.9 Å². The van der Waals surface area contributed by atoms with E-state index in [2.05, 4.69) is 49.3 Å². The van der Waals surface area contributed by atoms with Crippen LogP contribution in [-0.4, -0.2) is 41.9 Å². The molecule has 27 heavy (non-hydrogen) atoms. The highest BCUT2D eigenvalue weighted by Crippen LogP contribution is 2.45. The van der Waals surface area contributed by atoms with Crippen molar-refractivity contribution < 1.29 is 9.59 Å². The smallest absolute Gasteiger partial charge is 0.237 e. The van der Waals surface area contributed by atoms with E-state index in [1.807, 2.05) is 11.4 Å². The number of hydrogen-bond donors (Lipinski definition) is 2. The van der Waals surface area contributed by atoms with E-state index < -0.39 is 0 Å². The standard InChI is InChI=1S/C21H33N3O2S/c1-20(2)11-15(12-21(3,4)14-20)23-18(25)10-17-19(26)22-7-8-24(17)13-16-6-5-9-27-16/h5-6,9,15,17H,7-8,10-14H2,1-4H3,(H,22,26)(H,23,25). The highest BCUT2D eigenvalue weighted by Gasteiger charge is 2.39. The second kappa shape index (κ2) is 7.92. The van der Waals surface area contributed by atoms with Crippen molar-refractivity contribution in [2.75, 3.05) is 13.1 Å². The van der Waals surface area contributed by atoms with Crippen LogP contribution in [0.2, 0.25) is 0 Å². The fourth-order valence-corrected chi connectivity index (χ4v) is 5.92. The summed E-state index contributed by atoms with van der Waals surface area (Å²) < 4.78 is 0. The van der Waals surface area contributed by atoms with Crippen molar-refractivity contribution in [2.24, 2.45) is 10.8 Å². The monoisotopic (exact) mass is 391 g/mol. The van der Waals surface area contributed by atoms with Gasteiger partial charge in [-0.1, -0.05) is 33.8 Å². The average Bonchev–Trinajstić information content (AvgIpc) is 3.00. The SMILES string of the molecule is CC1(C)CC(NC(=O)CC2C(=O)NCCN2Cc2cccs2)CC(C)(C)C1. The van der Waals surface area contributed by atoms with E-state index in [4.69, 9.17) is 0 Å². The third kappa shape index (κ3) is 5.55. The van der Waals surface area contributed by atoms with Gasteiger partial charge in [0.25, 0.3) is 0 Å². The van der Waals surface area contributed by atoms with Crippen LogP contribution in [0.4, 0.5) is 0 Å². The fraction of sp³-hybridized carbons (Fsp3) is 0.714. The third-order valence-corrected chi connectivity index (χ3v) is 6.54. The summed E-state index contributed by atoms with van der Waals surface area (Å²) in [6.45, 7) is 11.3. The van der Waals surface area contributed by atoms with Gasteiger partial charge in [-0.15, -0.1) is 11.3 Å². The van der Waals surface area contributed by atoms with Gasteiger partial charge in [-0.25, -0.2) is 0 Å². The van der Waals surface area contributed by atoms with Gasteiger partial charge in [0.05, 0.1) is 12.5 Å². The average molecular weight is 392 g/mol. The highest BCUT2D eigenvalue weighted by molar-refractivity contribution is 7.09. The van der Waals surface area contributed by atoms with Crippen LogP contribution in [0, 0.1) is 10.8 Å². The molecule has 0 radical (unpaired) electrons. The predicted molar refractivity (Wildman–Crippen MR) is 109 cm³/mol. The number of thiophene rings is 1. The predicted octanol–water partition coefficient (Wildman–Crippen LogP) is 3.16. The van der Waals surface area contributed by atoms with Gasteiger partial charge in [0.15, 0.2) is 0 Å². The Bertz CT molecular complexity index is 653. The number of piperazine rings is 1. The maximum atomic E-state index is 12.8. The largest absolute Gasteiger partial charge is 0.353 e. The Morgan fingerprint density at radius 3 is 2.63 bits per heavy atom. The minimum absolute atomic E-state index is 0.00766. The van der Waals surface area contributed by atoms with Gasteiger partial charge in [-0.2, -0.15) is 0 Å². The molecule has 2 aliphatic rings. The summed E-state index contributed by atoms with van der Waals surface area (Å²) in [6, 6.07) is 3.91. The molecule has 1 aliphatic carbocycles. The van der Waals surface area contributed by atoms with Crippen LogP contribution in [0.1, 0.15) is 58.3 Å². The molecule has 1 saturated heterocycles. The number of hydrogen-bond acceptors (Lipinski definition) is 4. The van der Waals surface area contributed by atoms with E-state index in [-0.39, 0.29) is 41.1 Å². The van der Waals surface area contributed by atoms with Gasteiger partial charge < -0.3 is 10.6 Å². The van der Waals surface area contributed by atoms with Crippen molar-refractivity contribution in [3.63, 3.8) is 0 Å². The minimum Gasteiger partial charge on any atom is -0.353 e. The Hall–Kier alpha value is -1.40. The van der Waals surface area contributed by atoms with Crippen molar-refractivity contribution in [3.8, 4) is 0 Å². The normalized spacial score (nSPS) is 25.8. The van der Waals surface area contributed by atoms with Crippen molar-refractivity contribution in [1.29, 1.82) is 0 Å². The molecule has 1 atom stereocenters. The lowest BCUT2D eigenvalue weighted by Crippen LogP contribution is -2.56. The van der Waals surface area contributed by atoms with E-state index >= 15 is 0 Å². The first-order chi connectivity index (χ1) is 12.6. The summed E-state index contributed by atoms with van der Waals surface area (Å²) in [7, 11) is 0. The summed E-state index contributed by atoms with van der Waals surface area (Å²) in [5.41, 5.74) is 0.459. The first kappa shape index (κ1) is 20.3. The van der Waals surface area contributed by atoms with Crippen LogP contribution in [0.25, 0.3) is 0 Å². The molecule has 2 amide bonds. The molecule has 0 aromatic carbocycles. The Kier molecular flexibility index (Phi) is 5.96. The van der Waals surface area contributed by atoms with Gasteiger partial charge in [0.2, 0.25) is 11.8 Å². The summed E-state index contributed by atoms with van der Waals surface area (Å²) in [6.07, 6.45) is 3.40. The Balaban J connectivity index is 1.61. The second-order valence-electron chi connectivity index (χ2n) is 9.74. The van der Waals surface area contributed by atoms with Gasteiger partial charge >= 0.3 is 0 Å². The Morgan fingerprint density at radius 1 is 1.30 bits per heavy atom. The number of carbonyl (C=O) groups is 2. The zero-order valence-corrected chi connectivity index (χ0v) is 17.8. The topological polar surface area (TPSA) is 61.4 Å². The van der Waals surface area contributed by atoms with Gasteiger partial charge in [-0.3, -0.25) is 14.5 Å². The zero-order valence-electron chi connectivity index (χ0n) is 17.0. The molecule has 1 aliphatic heterocycles. The molecule has 1 unspecified atom stereocenters. The molecule has 6 heteroatoms. The van der Waals surface area contributed by atoms with Gasteiger partial charge in [0, 0.05) is 30.6 Å². The van der Waals surface area contributed by atoms with E-state index in [0.29, 0.717) is 6.54 Å². The minimum atomic E-state index is -0.384. The van der Waals surface area contributed by atoms with Gasteiger partial charge in [0.1, 0.15) is 0 Å². The summed E-state index contributed by atoms with van der Waals surface area (Å²) in [4.78, 5) is 28.6. The van der Waals surface area contributed by atoms with Crippen molar-refractivity contribution >= 4 is 23.2 Å². The molecule has 2 heterocycles. The molecule has 2 N–H and O–H groups in total. The van der Waals surface area contributed by atoms with E-state index in [1.165, 1.54) is 11.3 Å². The molecule has 2 fully saturated rings. The van der Waals surface area contributed by atoms with Crippen molar-refractivity contribution in [1.82, 2.24) is 15.5 Å². The lowest BCUT2D eigenvalue weighted by molar-refractivity contribution is -0.134. The lowest BCUT2D eigenvalue weighted by Gasteiger charge is -2.45. The molecule has 0 bridgehead atoms. The third-order valence-electron chi connectivity index (χ3n) is 5.68. The first-order valence-corrected chi connectivity index (χ1v) is 10.9. The number of nitrogens with zero attached hydrogens (tertiary/aromatic N) is 1. The van der Waals surface area contributed by atoms with E-state index in [1.54, 1.807) is 11.3 Å². The van der Waals surface area contributed by atoms with Crippen molar-refractivity contribution in [2.45, 2.75) is 72.0 Å². The molecular formula is C21H33N3O2S. The second-order valence-corrected chi connectivity index (χ2v) is 10.8. The summed E-state index contributed by atoms with van der Waals surface area (Å²) >= 11 is 1.69. The molecular weight excluding hydrogens is 358 g/mol. The Morgan fingerprint density at radius 2 is 2.00 bits per heavy atom. The highest BCUT2D eigenvalue weighted by atomic mass is 32.1. The fourth-order valence-electron chi connectivity index (χ4n) is 5.19. The molecule has 0 spiro atoms. The van der Waals surface area contributed by atoms with Crippen LogP contribution in [-0.2, 0) is 16.1 Å². The lowest BCUT2D eigenvalue weighted by atomic mass is 9.63. The number of carbonyl (C=O) groups excluding carboxylic acids is 2. The van der Waals surface area contributed by atoms with Crippen LogP contribution >= 0.6 is 11.3 Å².